The van der Waals surface area contributed by atoms with Crippen LogP contribution in [0.2, 0.25) is 0 Å². The van der Waals surface area contributed by atoms with Crippen LogP contribution < -0.4 is 0 Å². The lowest BCUT2D eigenvalue weighted by Crippen LogP contribution is -2.56. The fourth-order valence-electron chi connectivity index (χ4n) is 2.36. The molecule has 0 aromatic carbocycles. The Balaban J connectivity index is 3.20. The van der Waals surface area contributed by atoms with Crippen molar-refractivity contribution in [2.75, 3.05) is 13.2 Å². The van der Waals surface area contributed by atoms with Gasteiger partial charge in [0.15, 0.2) is 6.29 Å². The quantitative estimate of drug-likeness (QED) is 0.582. The molecule has 164 valence electrons. The van der Waals surface area contributed by atoms with Crippen molar-refractivity contribution in [2.45, 2.75) is 90.3 Å². The van der Waals surface area contributed by atoms with Crippen LogP contribution in [0.4, 0.5) is 9.59 Å². The Hall–Kier alpha value is -1.46. The molecule has 1 unspecified atom stereocenters. The fourth-order valence-corrected chi connectivity index (χ4v) is 2.36. The van der Waals surface area contributed by atoms with Crippen LogP contribution in [0.1, 0.15) is 48.5 Å². The lowest BCUT2D eigenvalue weighted by Gasteiger charge is -2.35. The highest BCUT2D eigenvalue weighted by molar-refractivity contribution is 5.88. The molecule has 5 atom stereocenters. The van der Waals surface area contributed by atoms with Crippen LogP contribution in [-0.2, 0) is 18.9 Å². The zero-order chi connectivity index (χ0) is 21.9. The predicted octanol–water partition coefficient (Wildman–Crippen LogP) is 1.00. The minimum Gasteiger partial charge on any atom is -0.443 e. The number of rotatable bonds is 1. The van der Waals surface area contributed by atoms with E-state index in [1.807, 2.05) is 0 Å². The smallest absolute Gasteiger partial charge is 0.420 e. The van der Waals surface area contributed by atoms with Crippen molar-refractivity contribution in [3.05, 3.63) is 0 Å². The van der Waals surface area contributed by atoms with Crippen LogP contribution in [0.5, 0.6) is 0 Å². The Labute approximate surface area is 165 Å². The summed E-state index contributed by atoms with van der Waals surface area (Å²) in [6.07, 6.45) is -7.40. The molecule has 0 saturated carbocycles. The minimum atomic E-state index is -1.71. The molecule has 0 aromatic rings. The van der Waals surface area contributed by atoms with Gasteiger partial charge in [0.2, 0.25) is 0 Å². The molecule has 0 aliphatic carbocycles. The van der Waals surface area contributed by atoms with Gasteiger partial charge >= 0.3 is 12.2 Å². The number of carbonyl (C=O) groups is 2. The number of carbonyl (C=O) groups excluding carboxylic acids is 2. The number of hydrogen-bond acceptors (Lipinski definition) is 9. The number of aliphatic hydroxyl groups excluding tert-OH is 3. The molecule has 0 spiro atoms. The molecule has 10 heteroatoms. The molecule has 28 heavy (non-hydrogen) atoms. The molecule has 1 saturated heterocycles. The van der Waals surface area contributed by atoms with Gasteiger partial charge in [-0.2, -0.15) is 0 Å². The van der Waals surface area contributed by atoms with E-state index in [1.165, 1.54) is 6.92 Å². The van der Waals surface area contributed by atoms with E-state index in [-0.39, 0.29) is 13.2 Å². The summed E-state index contributed by atoms with van der Waals surface area (Å²) >= 11 is 0. The molecule has 1 aliphatic rings. The second-order valence-corrected chi connectivity index (χ2v) is 8.73. The Morgan fingerprint density at radius 2 is 1.39 bits per heavy atom. The molecular formula is C18H33NO9. The Morgan fingerprint density at radius 3 is 1.82 bits per heavy atom. The third kappa shape index (κ3) is 7.51. The lowest BCUT2D eigenvalue weighted by molar-refractivity contribution is -0.192. The molecule has 3 N–H and O–H groups in total. The van der Waals surface area contributed by atoms with Crippen molar-refractivity contribution < 1.29 is 43.9 Å². The Bertz CT molecular complexity index is 512. The number of amides is 2. The zero-order valence-corrected chi connectivity index (χ0v) is 17.5. The van der Waals surface area contributed by atoms with Crippen LogP contribution >= 0.6 is 0 Å². The summed E-state index contributed by atoms with van der Waals surface area (Å²) in [7, 11) is 0. The Morgan fingerprint density at radius 1 is 0.929 bits per heavy atom. The highest BCUT2D eigenvalue weighted by atomic mass is 16.6. The van der Waals surface area contributed by atoms with Crippen LogP contribution in [-0.4, -0.2) is 87.5 Å². The molecular weight excluding hydrogens is 374 g/mol. The summed E-state index contributed by atoms with van der Waals surface area (Å²) in [4.78, 5) is 26.0. The molecule has 1 rings (SSSR count). The third-order valence-corrected chi connectivity index (χ3v) is 3.65. The van der Waals surface area contributed by atoms with Crippen molar-refractivity contribution in [1.29, 1.82) is 0 Å². The standard InChI is InChI=1S/C18H33NO9/c1-10-13(21)12(20)9-25-8-11(14(22)26-10)19(15(23)27-17(2,3)4)16(24)28-18(5,6)7/h10-14,20-22H,8-9H2,1-7H3/t10-,11-,12-,13-,14?/m0/s1. The average molecular weight is 407 g/mol. The maximum atomic E-state index is 12.7. The van der Waals surface area contributed by atoms with Crippen molar-refractivity contribution in [3.8, 4) is 0 Å². The van der Waals surface area contributed by atoms with Gasteiger partial charge in [-0.05, 0) is 48.5 Å². The number of nitrogens with zero attached hydrogens (tertiary/aromatic N) is 1. The van der Waals surface area contributed by atoms with Crippen molar-refractivity contribution >= 4 is 12.2 Å². The van der Waals surface area contributed by atoms with Crippen LogP contribution in [0.3, 0.4) is 0 Å². The topological polar surface area (TPSA) is 135 Å². The summed E-state index contributed by atoms with van der Waals surface area (Å²) in [5, 5.41) is 30.3. The third-order valence-electron chi connectivity index (χ3n) is 3.65. The van der Waals surface area contributed by atoms with Gasteiger partial charge in [0.05, 0.1) is 19.3 Å². The van der Waals surface area contributed by atoms with Crippen molar-refractivity contribution in [1.82, 2.24) is 4.90 Å². The fraction of sp³-hybridized carbons (Fsp3) is 0.889. The van der Waals surface area contributed by atoms with E-state index in [2.05, 4.69) is 0 Å². The van der Waals surface area contributed by atoms with Crippen LogP contribution in [0.15, 0.2) is 0 Å². The summed E-state index contributed by atoms with van der Waals surface area (Å²) in [5.41, 5.74) is -1.83. The zero-order valence-electron chi connectivity index (χ0n) is 17.5. The highest BCUT2D eigenvalue weighted by Crippen LogP contribution is 2.21. The molecule has 2 amide bonds. The summed E-state index contributed by atoms with van der Waals surface area (Å²) < 4.78 is 21.2. The van der Waals surface area contributed by atoms with E-state index in [0.29, 0.717) is 4.90 Å². The van der Waals surface area contributed by atoms with Gasteiger partial charge in [-0.15, -0.1) is 0 Å². The van der Waals surface area contributed by atoms with Crippen LogP contribution in [0, 0.1) is 0 Å². The molecule has 10 nitrogen and oxygen atoms in total. The normalized spacial score (nSPS) is 29.9. The van der Waals surface area contributed by atoms with Gasteiger partial charge in [-0.3, -0.25) is 0 Å². The second kappa shape index (κ2) is 9.36. The van der Waals surface area contributed by atoms with E-state index in [0.717, 1.165) is 0 Å². The monoisotopic (exact) mass is 407 g/mol. The number of hydrogen-bond donors (Lipinski definition) is 3. The SMILES string of the molecule is C[C@@H]1OC(O)[C@@H](N(C(=O)OC(C)(C)C)C(=O)OC(C)(C)C)COC[C@H](O)[C@H]1O. The predicted molar refractivity (Wildman–Crippen MR) is 97.5 cm³/mol. The van der Waals surface area contributed by atoms with Gasteiger partial charge in [0.1, 0.15) is 29.5 Å². The number of aliphatic hydroxyl groups is 3. The highest BCUT2D eigenvalue weighted by Gasteiger charge is 2.42. The van der Waals surface area contributed by atoms with Gasteiger partial charge in [0, 0.05) is 0 Å². The molecule has 0 aromatic heterocycles. The van der Waals surface area contributed by atoms with Gasteiger partial charge in [0.25, 0.3) is 0 Å². The van der Waals surface area contributed by atoms with Crippen LogP contribution in [0.25, 0.3) is 0 Å². The molecule has 1 aliphatic heterocycles. The maximum absolute atomic E-state index is 12.7. The van der Waals surface area contributed by atoms with E-state index in [1.54, 1.807) is 41.5 Å². The molecule has 0 radical (unpaired) electrons. The number of imide groups is 1. The average Bonchev–Trinajstić information content (AvgIpc) is 2.51. The first kappa shape index (κ1) is 24.6. The second-order valence-electron chi connectivity index (χ2n) is 8.73. The summed E-state index contributed by atoms with van der Waals surface area (Å²) in [6, 6.07) is -1.33. The van der Waals surface area contributed by atoms with E-state index in [9.17, 15) is 24.9 Å². The summed E-state index contributed by atoms with van der Waals surface area (Å²) in [6.45, 7) is 10.5. The van der Waals surface area contributed by atoms with E-state index < -0.39 is 54.0 Å². The Kier molecular flexibility index (Phi) is 8.21. The summed E-state index contributed by atoms with van der Waals surface area (Å²) in [5.74, 6) is 0. The van der Waals surface area contributed by atoms with Gasteiger partial charge in [-0.1, -0.05) is 0 Å². The molecule has 0 bridgehead atoms. The van der Waals surface area contributed by atoms with E-state index in [4.69, 9.17) is 18.9 Å². The maximum Gasteiger partial charge on any atom is 0.420 e. The first-order valence-corrected chi connectivity index (χ1v) is 9.15. The van der Waals surface area contributed by atoms with Crippen molar-refractivity contribution in [2.24, 2.45) is 0 Å². The first-order chi connectivity index (χ1) is 12.6. The first-order valence-electron chi connectivity index (χ1n) is 9.15. The minimum absolute atomic E-state index is 0.283. The largest absolute Gasteiger partial charge is 0.443 e. The van der Waals surface area contributed by atoms with Gasteiger partial charge < -0.3 is 34.3 Å². The lowest BCUT2D eigenvalue weighted by atomic mass is 10.1. The number of ether oxygens (including phenoxy) is 4. The van der Waals surface area contributed by atoms with E-state index >= 15 is 0 Å². The molecule has 1 heterocycles. The molecule has 1 fully saturated rings. The van der Waals surface area contributed by atoms with Crippen molar-refractivity contribution in [3.63, 3.8) is 0 Å². The van der Waals surface area contributed by atoms with Gasteiger partial charge in [-0.25, -0.2) is 14.5 Å².